The van der Waals surface area contributed by atoms with Crippen LogP contribution in [0.3, 0.4) is 0 Å². The predicted molar refractivity (Wildman–Crippen MR) is 110 cm³/mol. The number of piperidine rings is 1. The molecule has 0 unspecified atom stereocenters. The molecular formula is C22H33ClFNO3. The molecule has 0 saturated carbocycles. The highest BCUT2D eigenvalue weighted by molar-refractivity contribution is 6.18. The number of methoxy groups -OCH3 is 1. The molecule has 2 aliphatic rings. The first kappa shape index (κ1) is 21.7. The van der Waals surface area contributed by atoms with Crippen LogP contribution in [0.2, 0.25) is 0 Å². The highest BCUT2D eigenvalue weighted by Gasteiger charge is 2.47. The molecule has 1 fully saturated rings. The summed E-state index contributed by atoms with van der Waals surface area (Å²) in [7, 11) is 1.62. The fraction of sp³-hybridized carbons (Fsp3) is 0.727. The molecule has 4 nitrogen and oxygen atoms in total. The molecule has 158 valence electrons. The standard InChI is InChI=1S/C22H33ClFNO3/c1-15(2)9-17-13-25-7-5-16-10-21(28-8-4-6-24)20(27-3)11-18(16)19(25)12-22(17,26)14-23/h10-11,15,17,19,26H,4-9,12-14H2,1-3H3/t17-,19-,22+/m1/s1. The molecule has 1 saturated heterocycles. The molecule has 3 rings (SSSR count). The van der Waals surface area contributed by atoms with Crippen LogP contribution in [0.4, 0.5) is 4.39 Å². The first-order valence-electron chi connectivity index (χ1n) is 10.3. The topological polar surface area (TPSA) is 41.9 Å². The van der Waals surface area contributed by atoms with E-state index in [1.54, 1.807) is 7.11 Å². The quantitative estimate of drug-likeness (QED) is 0.507. The van der Waals surface area contributed by atoms with Crippen molar-refractivity contribution in [1.29, 1.82) is 0 Å². The van der Waals surface area contributed by atoms with Crippen molar-refractivity contribution in [3.63, 3.8) is 0 Å². The monoisotopic (exact) mass is 413 g/mol. The van der Waals surface area contributed by atoms with Crippen molar-refractivity contribution in [3.05, 3.63) is 23.3 Å². The van der Waals surface area contributed by atoms with Gasteiger partial charge >= 0.3 is 0 Å². The van der Waals surface area contributed by atoms with E-state index in [1.165, 1.54) is 11.1 Å². The van der Waals surface area contributed by atoms with Crippen molar-refractivity contribution in [2.75, 3.05) is 39.4 Å². The fourth-order valence-electron chi connectivity index (χ4n) is 4.71. The minimum absolute atomic E-state index is 0.129. The molecule has 0 aliphatic carbocycles. The normalized spacial score (nSPS) is 27.4. The molecular weight excluding hydrogens is 381 g/mol. The van der Waals surface area contributed by atoms with Gasteiger partial charge in [-0.1, -0.05) is 13.8 Å². The molecule has 0 amide bonds. The molecule has 3 atom stereocenters. The predicted octanol–water partition coefficient (Wildman–Crippen LogP) is 4.37. The van der Waals surface area contributed by atoms with Crippen LogP contribution in [-0.4, -0.2) is 55.0 Å². The number of halogens is 2. The summed E-state index contributed by atoms with van der Waals surface area (Å²) < 4.78 is 23.7. The number of nitrogens with zero attached hydrogens (tertiary/aromatic N) is 1. The molecule has 0 aromatic heterocycles. The Morgan fingerprint density at radius 2 is 2.14 bits per heavy atom. The van der Waals surface area contributed by atoms with Crippen LogP contribution in [0.5, 0.6) is 11.5 Å². The Morgan fingerprint density at radius 1 is 1.36 bits per heavy atom. The summed E-state index contributed by atoms with van der Waals surface area (Å²) in [4.78, 5) is 2.49. The maximum Gasteiger partial charge on any atom is 0.161 e. The van der Waals surface area contributed by atoms with Crippen molar-refractivity contribution < 1.29 is 19.0 Å². The van der Waals surface area contributed by atoms with Crippen molar-refractivity contribution in [2.24, 2.45) is 11.8 Å². The minimum atomic E-state index is -0.856. The lowest BCUT2D eigenvalue weighted by Crippen LogP contribution is -2.56. The summed E-state index contributed by atoms with van der Waals surface area (Å²) in [6.07, 6.45) is 2.91. The van der Waals surface area contributed by atoms with Gasteiger partial charge in [-0.3, -0.25) is 9.29 Å². The van der Waals surface area contributed by atoms with Crippen LogP contribution in [0.1, 0.15) is 50.3 Å². The number of fused-ring (bicyclic) bond motifs is 3. The van der Waals surface area contributed by atoms with E-state index in [0.29, 0.717) is 36.9 Å². The maximum atomic E-state index is 12.4. The average molecular weight is 414 g/mol. The first-order valence-corrected chi connectivity index (χ1v) is 10.9. The minimum Gasteiger partial charge on any atom is -0.493 e. The molecule has 2 heterocycles. The lowest BCUT2D eigenvalue weighted by atomic mass is 9.72. The molecule has 2 aliphatic heterocycles. The number of ether oxygens (including phenoxy) is 2. The van der Waals surface area contributed by atoms with E-state index in [9.17, 15) is 9.50 Å². The van der Waals surface area contributed by atoms with Crippen molar-refractivity contribution in [2.45, 2.75) is 51.2 Å². The molecule has 28 heavy (non-hydrogen) atoms. The second-order valence-electron chi connectivity index (χ2n) is 8.62. The highest BCUT2D eigenvalue weighted by Crippen LogP contribution is 2.47. The first-order chi connectivity index (χ1) is 13.4. The number of benzene rings is 1. The zero-order valence-corrected chi connectivity index (χ0v) is 18.0. The Morgan fingerprint density at radius 3 is 2.79 bits per heavy atom. The Kier molecular flexibility index (Phi) is 7.11. The van der Waals surface area contributed by atoms with Crippen molar-refractivity contribution >= 4 is 11.6 Å². The van der Waals surface area contributed by atoms with E-state index in [0.717, 1.165) is 25.9 Å². The van der Waals surface area contributed by atoms with Gasteiger partial charge in [-0.25, -0.2) is 0 Å². The third-order valence-corrected chi connectivity index (χ3v) is 6.64. The Labute approximate surface area is 173 Å². The number of alkyl halides is 2. The lowest BCUT2D eigenvalue weighted by molar-refractivity contribution is -0.0886. The number of hydrogen-bond donors (Lipinski definition) is 1. The number of rotatable bonds is 8. The Bertz CT molecular complexity index is 671. The van der Waals surface area contributed by atoms with E-state index in [2.05, 4.69) is 18.7 Å². The fourth-order valence-corrected chi connectivity index (χ4v) is 5.04. The SMILES string of the molecule is COc1cc2c(cc1OCCCF)CCN1C[C@@H](CC(C)C)[C@@](O)(CCl)C[C@H]21. The zero-order valence-electron chi connectivity index (χ0n) is 17.2. The summed E-state index contributed by atoms with van der Waals surface area (Å²) in [5, 5.41) is 11.3. The maximum absolute atomic E-state index is 12.4. The van der Waals surface area contributed by atoms with E-state index in [-0.39, 0.29) is 17.8 Å². The summed E-state index contributed by atoms with van der Waals surface area (Å²) in [6.45, 7) is 6.16. The second-order valence-corrected chi connectivity index (χ2v) is 8.89. The summed E-state index contributed by atoms with van der Waals surface area (Å²) in [5.74, 6) is 2.30. The summed E-state index contributed by atoms with van der Waals surface area (Å²) in [6, 6.07) is 4.20. The average Bonchev–Trinajstić information content (AvgIpc) is 2.68. The number of hydrogen-bond acceptors (Lipinski definition) is 4. The van der Waals surface area contributed by atoms with Gasteiger partial charge in [0.1, 0.15) is 0 Å². The third kappa shape index (κ3) is 4.42. The van der Waals surface area contributed by atoms with Crippen LogP contribution in [0.15, 0.2) is 12.1 Å². The van der Waals surface area contributed by atoms with E-state index in [4.69, 9.17) is 21.1 Å². The van der Waals surface area contributed by atoms with Crippen LogP contribution >= 0.6 is 11.6 Å². The van der Waals surface area contributed by atoms with Gasteiger partial charge in [-0.05, 0) is 48.4 Å². The van der Waals surface area contributed by atoms with Gasteiger partial charge in [0.2, 0.25) is 0 Å². The second kappa shape index (κ2) is 9.19. The van der Waals surface area contributed by atoms with E-state index < -0.39 is 12.3 Å². The van der Waals surface area contributed by atoms with Crippen LogP contribution in [0, 0.1) is 11.8 Å². The summed E-state index contributed by atoms with van der Waals surface area (Å²) in [5.41, 5.74) is 1.55. The van der Waals surface area contributed by atoms with Gasteiger partial charge in [0.25, 0.3) is 0 Å². The number of aliphatic hydroxyl groups is 1. The summed E-state index contributed by atoms with van der Waals surface area (Å²) >= 11 is 6.27. The van der Waals surface area contributed by atoms with Crippen LogP contribution < -0.4 is 9.47 Å². The van der Waals surface area contributed by atoms with Gasteiger partial charge in [-0.15, -0.1) is 11.6 Å². The van der Waals surface area contributed by atoms with Crippen molar-refractivity contribution in [1.82, 2.24) is 4.90 Å². The zero-order chi connectivity index (χ0) is 20.3. The Balaban J connectivity index is 1.88. The van der Waals surface area contributed by atoms with Gasteiger partial charge in [-0.2, -0.15) is 0 Å². The van der Waals surface area contributed by atoms with E-state index in [1.807, 2.05) is 12.1 Å². The molecule has 1 aromatic rings. The highest BCUT2D eigenvalue weighted by atomic mass is 35.5. The molecule has 1 aromatic carbocycles. The van der Waals surface area contributed by atoms with Crippen LogP contribution in [-0.2, 0) is 6.42 Å². The largest absolute Gasteiger partial charge is 0.493 e. The lowest BCUT2D eigenvalue weighted by Gasteiger charge is -2.51. The van der Waals surface area contributed by atoms with Gasteiger partial charge < -0.3 is 14.6 Å². The third-order valence-electron chi connectivity index (χ3n) is 6.18. The molecule has 0 bridgehead atoms. The van der Waals surface area contributed by atoms with Gasteiger partial charge in [0.05, 0.1) is 31.9 Å². The molecule has 1 N–H and O–H groups in total. The van der Waals surface area contributed by atoms with Crippen molar-refractivity contribution in [3.8, 4) is 11.5 Å². The van der Waals surface area contributed by atoms with Crippen LogP contribution in [0.25, 0.3) is 0 Å². The molecule has 0 radical (unpaired) electrons. The molecule has 0 spiro atoms. The smallest absolute Gasteiger partial charge is 0.161 e. The van der Waals surface area contributed by atoms with Gasteiger partial charge in [0.15, 0.2) is 11.5 Å². The Hall–Kier alpha value is -1.04. The molecule has 6 heteroatoms. The van der Waals surface area contributed by atoms with Gasteiger partial charge in [0, 0.05) is 31.5 Å². The van der Waals surface area contributed by atoms with E-state index >= 15 is 0 Å².